The number of ketones is 4. The number of nitrogens with two attached hydrogens (primary N) is 1. The van der Waals surface area contributed by atoms with Crippen molar-refractivity contribution in [2.45, 2.75) is 259 Å². The van der Waals surface area contributed by atoms with Crippen molar-refractivity contribution in [2.75, 3.05) is 140 Å². The number of esters is 2. The number of unbranched alkanes of at least 4 members (excludes halogenated alkanes) is 2. The summed E-state index contributed by atoms with van der Waals surface area (Å²) in [5.74, 6) is -7.92. The number of nitrogen functional groups attached to an aromatic ring is 1. The molecule has 31 nitrogen and oxygen atoms in total. The fourth-order valence-electron chi connectivity index (χ4n) is 15.9. The summed E-state index contributed by atoms with van der Waals surface area (Å²) in [5, 5.41) is 30.1. The van der Waals surface area contributed by atoms with Crippen LogP contribution in [-0.2, 0) is 106 Å². The first-order chi connectivity index (χ1) is 59.8. The second kappa shape index (κ2) is 58.1. The number of anilines is 1. The molecule has 4 aliphatic rings. The lowest BCUT2D eigenvalue weighted by Crippen LogP contribution is -2.61. The van der Waals surface area contributed by atoms with Crippen LogP contribution in [0.3, 0.4) is 0 Å². The zero-order valence-corrected chi connectivity index (χ0v) is 76.3. The predicted octanol–water partition coefficient (Wildman–Crippen LogP) is 12.2. The van der Waals surface area contributed by atoms with Crippen LogP contribution in [0.1, 0.15) is 198 Å². The number of aliphatic hydroxyl groups is 2. The van der Waals surface area contributed by atoms with E-state index in [9.17, 15) is 43.8 Å². The van der Waals surface area contributed by atoms with Crippen molar-refractivity contribution in [1.82, 2.24) is 34.6 Å². The minimum absolute atomic E-state index is 0.00669. The van der Waals surface area contributed by atoms with E-state index >= 15 is 0 Å². The Bertz CT molecular complexity index is 3940. The van der Waals surface area contributed by atoms with Gasteiger partial charge in [0, 0.05) is 141 Å². The fraction of sp³-hybridized carbons (Fsp3) is 0.710. The number of aromatic amines is 1. The summed E-state index contributed by atoms with van der Waals surface area (Å²) in [4.78, 5) is 113. The number of cyclic esters (lactones) is 1. The van der Waals surface area contributed by atoms with Gasteiger partial charge in [-0.25, -0.2) is 24.4 Å². The Hall–Kier alpha value is -7.47. The second-order valence-corrected chi connectivity index (χ2v) is 32.9. The lowest BCUT2D eigenvalue weighted by Gasteiger charge is -2.42. The van der Waals surface area contributed by atoms with Crippen molar-refractivity contribution >= 4 is 68.9 Å². The van der Waals surface area contributed by atoms with Crippen molar-refractivity contribution in [3.05, 3.63) is 78.5 Å². The van der Waals surface area contributed by atoms with Crippen molar-refractivity contribution in [2.24, 2.45) is 35.5 Å². The maximum Gasteiger partial charge on any atom is 0.329 e. The highest BCUT2D eigenvalue weighted by Crippen LogP contribution is 2.39. The summed E-state index contributed by atoms with van der Waals surface area (Å²) in [6, 6.07) is 2.83. The number of piperidine rings is 1. The van der Waals surface area contributed by atoms with E-state index in [0.29, 0.717) is 193 Å². The van der Waals surface area contributed by atoms with Gasteiger partial charge in [0.25, 0.3) is 11.7 Å². The maximum atomic E-state index is 14.5. The van der Waals surface area contributed by atoms with E-state index in [1.807, 2.05) is 94.9 Å². The van der Waals surface area contributed by atoms with Gasteiger partial charge in [0.15, 0.2) is 11.4 Å². The number of nitrogens with zero attached hydrogens (tertiary/aromatic N) is 6. The highest BCUT2D eigenvalue weighted by Gasteiger charge is 2.53. The van der Waals surface area contributed by atoms with Gasteiger partial charge in [-0.2, -0.15) is 5.10 Å². The number of pyridine rings is 1. The summed E-state index contributed by atoms with van der Waals surface area (Å²) >= 11 is 0. The van der Waals surface area contributed by atoms with Gasteiger partial charge in [-0.15, -0.1) is 0 Å². The summed E-state index contributed by atoms with van der Waals surface area (Å²) < 4.78 is 79.5. The number of carbonyl (C=O) groups is 7. The van der Waals surface area contributed by atoms with Gasteiger partial charge in [0.05, 0.1) is 96.4 Å². The Morgan fingerprint density at radius 3 is 2.06 bits per heavy atom. The number of amides is 1. The Balaban J connectivity index is 0.000000371. The molecular formula is C93H146N8O23. The molecule has 5 N–H and O–H groups in total. The maximum absolute atomic E-state index is 14.5. The van der Waals surface area contributed by atoms with Crippen LogP contribution in [0.4, 0.5) is 5.82 Å². The molecule has 15 atom stereocenters. The molecule has 1 aliphatic carbocycles. The monoisotopic (exact) mass is 1740 g/mol. The highest BCUT2D eigenvalue weighted by molar-refractivity contribution is 6.39. The van der Waals surface area contributed by atoms with Crippen molar-refractivity contribution in [3.8, 4) is 11.3 Å². The third kappa shape index (κ3) is 34.9. The van der Waals surface area contributed by atoms with E-state index in [0.717, 1.165) is 72.1 Å². The molecule has 31 heteroatoms. The molecule has 1 saturated carbocycles. The zero-order chi connectivity index (χ0) is 90.4. The molecule has 4 aromatic heterocycles. The summed E-state index contributed by atoms with van der Waals surface area (Å²) in [5.41, 5.74) is 10.6. The molecule has 0 radical (unpaired) electrons. The SMILES string of the molecule is CCCOCCOCCOCCOCCOCC.CCOCCOCCC(=O)CCCCCn1nc(-c2cnc3[nH]ccc3c2)c2c(N)ncnc21.COCCCC(=O)O[C@@H]1CC[C@@H](C[C@@H](C)[C@@H]2CC(=O)[C@H](C)/C=C(\C)[C@@H](O)[C@@H](OC)C(=O)[C@H](C)C[C@H](C)/C=C/C=C/C=C(\C)[C@@H](OC)C[C@@H]3CC[C@@H](C)[C@@](O)(O3)C(=O)C(=O)N3CCCC[C@H]3C(=O)O2)C[C@H]1OC. The predicted molar refractivity (Wildman–Crippen MR) is 470 cm³/mol. The molecule has 2 bridgehead atoms. The number of ether oxygens (including phenoxy) is 14. The van der Waals surface area contributed by atoms with Crippen molar-refractivity contribution < 1.29 is 110 Å². The number of nitrogens with one attached hydrogen (secondary N) is 1. The Labute approximate surface area is 734 Å². The van der Waals surface area contributed by atoms with Crippen LogP contribution >= 0.6 is 0 Å². The molecular weight excluding hydrogens is 1600 g/mol. The van der Waals surface area contributed by atoms with E-state index in [1.165, 1.54) is 18.3 Å². The Morgan fingerprint density at radius 1 is 0.710 bits per heavy atom. The lowest BCUT2D eigenvalue weighted by molar-refractivity contribution is -0.265. The summed E-state index contributed by atoms with van der Waals surface area (Å²) in [6.07, 6.45) is 21.6. The standard InChI is InChI=1S/C56H87NO15.C24H31N7O3.C13H28O5/c1-34-18-13-12-14-19-35(2)46(67-9)32-42-24-22-40(7)56(65,72-42)53(62)54(63)57-26-16-15-20-43(57)55(64)71-47(33-44(58)36(3)29-39(6)51(61)52(69-11)50(60)38(5)28-34)37(4)30-41-23-25-45(48(31-41)68-10)70-49(59)21-17-27-66-8;1-2-33-12-13-34-11-8-19(32)6-4-3-5-10-31-24-20(22(25)28-16-29-24)21(30-31)18-14-17-7-9-26-23(17)27-15-18;1-3-5-15-8-9-17-12-13-18-11-10-16-7-6-14-4-2/h12-14,18-19,29,34,36-38,40-43,45-48,51-52,61,65H,15-17,20-28,30-33H2,1-11H3;7,9,14-16H,2-6,8,10-13H2,1H3,(H,26,27)(H2,25,28,29);3-13H2,1-2H3/b14-12+,18-13+,35-19+,39-29+;;/t34-,36-,37-,38-,40-,41+,42+,43+,45-,46+,47+,48-,51-,52+,56-;;/m1../s1. The second-order valence-electron chi connectivity index (χ2n) is 32.9. The van der Waals surface area contributed by atoms with Gasteiger partial charge in [0.1, 0.15) is 65.5 Å². The van der Waals surface area contributed by atoms with E-state index in [1.54, 1.807) is 54.4 Å². The van der Waals surface area contributed by atoms with Crippen LogP contribution in [0.2, 0.25) is 0 Å². The number of carbonyl (C=O) groups excluding carboxylic acids is 7. The van der Waals surface area contributed by atoms with Crippen LogP contribution in [0.15, 0.2) is 78.5 Å². The molecule has 3 fully saturated rings. The number of fused-ring (bicyclic) bond motifs is 5. The van der Waals surface area contributed by atoms with Gasteiger partial charge in [-0.3, -0.25) is 28.8 Å². The first-order valence-electron chi connectivity index (χ1n) is 44.9. The van der Waals surface area contributed by atoms with Crippen molar-refractivity contribution in [1.29, 1.82) is 0 Å². The Kier molecular flexibility index (Phi) is 49.3. The lowest BCUT2D eigenvalue weighted by atomic mass is 9.78. The molecule has 2 saturated heterocycles. The molecule has 696 valence electrons. The average Bonchev–Trinajstić information content (AvgIpc) is 1.59. The van der Waals surface area contributed by atoms with Crippen LogP contribution in [0.25, 0.3) is 33.3 Å². The minimum Gasteiger partial charge on any atom is -0.460 e. The normalized spacial score (nSPS) is 26.6. The zero-order valence-electron chi connectivity index (χ0n) is 76.3. The smallest absolute Gasteiger partial charge is 0.329 e. The molecule has 1 amide bonds. The van der Waals surface area contributed by atoms with Gasteiger partial charge in [-0.05, 0) is 159 Å². The number of aryl methyl sites for hydroxylation is 1. The number of hydrogen-bond donors (Lipinski definition) is 4. The Morgan fingerprint density at radius 2 is 1.40 bits per heavy atom. The molecule has 7 heterocycles. The summed E-state index contributed by atoms with van der Waals surface area (Å²) in [6.45, 7) is 28.6. The third-order valence-corrected chi connectivity index (χ3v) is 23.2. The van der Waals surface area contributed by atoms with E-state index in [4.69, 9.17) is 77.1 Å². The molecule has 8 rings (SSSR count). The largest absolute Gasteiger partial charge is 0.460 e. The number of aliphatic hydroxyl groups excluding tert-OH is 1. The number of hydrogen-bond acceptors (Lipinski definition) is 28. The van der Waals surface area contributed by atoms with E-state index < -0.39 is 83.9 Å². The van der Waals surface area contributed by atoms with E-state index in [-0.39, 0.29) is 73.0 Å². The van der Waals surface area contributed by atoms with Gasteiger partial charge in [0.2, 0.25) is 5.79 Å². The average molecular weight is 1740 g/mol. The molecule has 0 spiro atoms. The first kappa shape index (κ1) is 105. The molecule has 4 aromatic rings. The van der Waals surface area contributed by atoms with Gasteiger partial charge >= 0.3 is 11.9 Å². The van der Waals surface area contributed by atoms with E-state index in [2.05, 4.69) is 26.9 Å². The first-order valence-corrected chi connectivity index (χ1v) is 44.9. The highest BCUT2D eigenvalue weighted by atomic mass is 16.6. The number of H-pyrrole nitrogens is 1. The summed E-state index contributed by atoms with van der Waals surface area (Å²) in [7, 11) is 6.11. The van der Waals surface area contributed by atoms with Crippen LogP contribution in [-0.4, -0.2) is 274 Å². The fourth-order valence-corrected chi connectivity index (χ4v) is 15.9. The number of Topliss-reactive ketones (excluding diaryl/α,β-unsaturated/α-hetero) is 4. The molecule has 3 aliphatic heterocycles. The number of allylic oxidation sites excluding steroid dienone is 6. The molecule has 0 unspecified atom stereocenters. The van der Waals surface area contributed by atoms with Crippen LogP contribution < -0.4 is 5.73 Å². The number of rotatable bonds is 40. The van der Waals surface area contributed by atoms with Gasteiger partial charge in [-0.1, -0.05) is 84.4 Å². The van der Waals surface area contributed by atoms with Gasteiger partial charge < -0.3 is 92.1 Å². The minimum atomic E-state index is -2.45. The van der Waals surface area contributed by atoms with Crippen LogP contribution in [0.5, 0.6) is 0 Å². The van der Waals surface area contributed by atoms with Crippen LogP contribution in [0, 0.1) is 35.5 Å². The molecule has 124 heavy (non-hydrogen) atoms. The third-order valence-electron chi connectivity index (χ3n) is 23.2. The van der Waals surface area contributed by atoms with Crippen molar-refractivity contribution in [3.63, 3.8) is 0 Å². The quantitative estimate of drug-likeness (QED) is 0.0139. The topological polar surface area (TPSA) is 391 Å². The molecule has 0 aromatic carbocycles. The number of methoxy groups -OCH3 is 4. The number of aromatic nitrogens is 6.